The molecule has 0 spiro atoms. The standard InChI is InChI=1S/C8H7Br2F2NO/c1-14-6-4(2-9)7(10)13-3-5(6)8(11)12/h3,8H,2H2,1H3. The molecule has 1 rings (SSSR count). The number of nitrogens with zero attached hydrogens (tertiary/aromatic N) is 1. The molecule has 0 saturated heterocycles. The zero-order chi connectivity index (χ0) is 10.7. The smallest absolute Gasteiger partial charge is 0.268 e. The summed E-state index contributed by atoms with van der Waals surface area (Å²) in [6.45, 7) is 0. The van der Waals surface area contributed by atoms with Gasteiger partial charge >= 0.3 is 0 Å². The quantitative estimate of drug-likeness (QED) is 0.623. The van der Waals surface area contributed by atoms with Gasteiger partial charge in [-0.1, -0.05) is 15.9 Å². The monoisotopic (exact) mass is 329 g/mol. The van der Waals surface area contributed by atoms with Crippen molar-refractivity contribution in [1.82, 2.24) is 4.98 Å². The van der Waals surface area contributed by atoms with E-state index in [1.54, 1.807) is 0 Å². The summed E-state index contributed by atoms with van der Waals surface area (Å²) >= 11 is 6.35. The summed E-state index contributed by atoms with van der Waals surface area (Å²) < 4.78 is 30.5. The number of methoxy groups -OCH3 is 1. The maximum absolute atomic E-state index is 12.5. The summed E-state index contributed by atoms with van der Waals surface area (Å²) in [5.41, 5.74) is 0.399. The summed E-state index contributed by atoms with van der Waals surface area (Å²) in [5, 5.41) is 0.407. The van der Waals surface area contributed by atoms with Crippen molar-refractivity contribution in [2.45, 2.75) is 11.8 Å². The molecular formula is C8H7Br2F2NO. The topological polar surface area (TPSA) is 22.1 Å². The van der Waals surface area contributed by atoms with Crippen LogP contribution >= 0.6 is 31.9 Å². The van der Waals surface area contributed by atoms with Crippen LogP contribution in [0.1, 0.15) is 17.6 Å². The summed E-state index contributed by atoms with van der Waals surface area (Å²) in [6.07, 6.45) is -1.47. The third kappa shape index (κ3) is 2.23. The molecule has 0 radical (unpaired) electrons. The van der Waals surface area contributed by atoms with Gasteiger partial charge in [-0.15, -0.1) is 0 Å². The lowest BCUT2D eigenvalue weighted by molar-refractivity contribution is 0.146. The van der Waals surface area contributed by atoms with Crippen LogP contribution in [0.5, 0.6) is 5.75 Å². The molecule has 1 heterocycles. The minimum atomic E-state index is -2.58. The Kier molecular flexibility index (Phi) is 4.25. The maximum atomic E-state index is 12.5. The lowest BCUT2D eigenvalue weighted by Crippen LogP contribution is -1.99. The Morgan fingerprint density at radius 2 is 2.21 bits per heavy atom. The molecule has 1 aromatic rings. The molecule has 0 atom stereocenters. The third-order valence-electron chi connectivity index (χ3n) is 1.68. The van der Waals surface area contributed by atoms with Crippen LogP contribution < -0.4 is 4.74 Å². The average molecular weight is 331 g/mol. The van der Waals surface area contributed by atoms with Gasteiger partial charge in [0, 0.05) is 17.1 Å². The second-order valence-corrected chi connectivity index (χ2v) is 3.76. The van der Waals surface area contributed by atoms with Crippen molar-refractivity contribution in [2.75, 3.05) is 7.11 Å². The first-order chi connectivity index (χ1) is 6.61. The highest BCUT2D eigenvalue weighted by Crippen LogP contribution is 2.35. The van der Waals surface area contributed by atoms with Crippen LogP contribution in [-0.2, 0) is 5.33 Å². The molecule has 78 valence electrons. The van der Waals surface area contributed by atoms with E-state index in [9.17, 15) is 8.78 Å². The predicted octanol–water partition coefficient (Wildman–Crippen LogP) is 3.69. The van der Waals surface area contributed by atoms with E-state index in [0.717, 1.165) is 6.20 Å². The second-order valence-electron chi connectivity index (χ2n) is 2.45. The van der Waals surface area contributed by atoms with Crippen molar-refractivity contribution in [3.05, 3.63) is 21.9 Å². The molecule has 0 N–H and O–H groups in total. The third-order valence-corrected chi connectivity index (χ3v) is 2.92. The first kappa shape index (κ1) is 11.8. The van der Waals surface area contributed by atoms with Gasteiger partial charge in [-0.05, 0) is 15.9 Å². The zero-order valence-electron chi connectivity index (χ0n) is 7.23. The number of hydrogen-bond acceptors (Lipinski definition) is 2. The first-order valence-corrected chi connectivity index (χ1v) is 5.58. The fourth-order valence-electron chi connectivity index (χ4n) is 1.04. The van der Waals surface area contributed by atoms with E-state index < -0.39 is 6.43 Å². The van der Waals surface area contributed by atoms with E-state index >= 15 is 0 Å². The number of aromatic nitrogens is 1. The van der Waals surface area contributed by atoms with E-state index in [0.29, 0.717) is 15.5 Å². The summed E-state index contributed by atoms with van der Waals surface area (Å²) in [7, 11) is 1.36. The molecular weight excluding hydrogens is 324 g/mol. The normalized spacial score (nSPS) is 10.7. The number of ether oxygens (including phenoxy) is 1. The Balaban J connectivity index is 3.33. The van der Waals surface area contributed by atoms with E-state index in [-0.39, 0.29) is 11.3 Å². The number of alkyl halides is 3. The average Bonchev–Trinajstić information content (AvgIpc) is 2.16. The molecule has 0 bridgehead atoms. The van der Waals surface area contributed by atoms with Gasteiger partial charge in [0.05, 0.1) is 12.7 Å². The number of rotatable bonds is 3. The van der Waals surface area contributed by atoms with Crippen molar-refractivity contribution < 1.29 is 13.5 Å². The lowest BCUT2D eigenvalue weighted by atomic mass is 10.2. The van der Waals surface area contributed by atoms with Gasteiger partial charge in [0.15, 0.2) is 0 Å². The van der Waals surface area contributed by atoms with E-state index in [2.05, 4.69) is 36.8 Å². The Hall–Kier alpha value is -0.230. The zero-order valence-corrected chi connectivity index (χ0v) is 10.4. The fourth-order valence-corrected chi connectivity index (χ4v) is 2.36. The molecule has 2 nitrogen and oxygen atoms in total. The van der Waals surface area contributed by atoms with Crippen LogP contribution in [-0.4, -0.2) is 12.1 Å². The Bertz CT molecular complexity index is 333. The summed E-state index contributed by atoms with van der Waals surface area (Å²) in [5.74, 6) is 0.179. The lowest BCUT2D eigenvalue weighted by Gasteiger charge is -2.12. The highest BCUT2D eigenvalue weighted by molar-refractivity contribution is 9.10. The van der Waals surface area contributed by atoms with Crippen LogP contribution in [0.4, 0.5) is 8.78 Å². The van der Waals surface area contributed by atoms with Crippen LogP contribution in [0.2, 0.25) is 0 Å². The van der Waals surface area contributed by atoms with Gasteiger partial charge in [0.1, 0.15) is 10.4 Å². The predicted molar refractivity (Wildman–Crippen MR) is 56.1 cm³/mol. The second kappa shape index (κ2) is 5.02. The maximum Gasteiger partial charge on any atom is 0.268 e. The fraction of sp³-hybridized carbons (Fsp3) is 0.375. The molecule has 0 aliphatic carbocycles. The van der Waals surface area contributed by atoms with Gasteiger partial charge in [0.25, 0.3) is 6.43 Å². The van der Waals surface area contributed by atoms with Crippen molar-refractivity contribution in [1.29, 1.82) is 0 Å². The van der Waals surface area contributed by atoms with Gasteiger partial charge in [-0.2, -0.15) is 0 Å². The van der Waals surface area contributed by atoms with E-state index in [1.165, 1.54) is 7.11 Å². The Morgan fingerprint density at radius 3 is 2.64 bits per heavy atom. The first-order valence-electron chi connectivity index (χ1n) is 3.67. The molecule has 0 saturated carbocycles. The van der Waals surface area contributed by atoms with Crippen LogP contribution in [0.25, 0.3) is 0 Å². The van der Waals surface area contributed by atoms with Crippen molar-refractivity contribution in [3.8, 4) is 5.75 Å². The van der Waals surface area contributed by atoms with Crippen LogP contribution in [0.15, 0.2) is 10.8 Å². The van der Waals surface area contributed by atoms with E-state index in [4.69, 9.17) is 4.74 Å². The highest BCUT2D eigenvalue weighted by atomic mass is 79.9. The SMILES string of the molecule is COc1c(C(F)F)cnc(Br)c1CBr. The molecule has 0 aliphatic heterocycles. The van der Waals surface area contributed by atoms with Crippen molar-refractivity contribution in [2.24, 2.45) is 0 Å². The molecule has 6 heteroatoms. The largest absolute Gasteiger partial charge is 0.496 e. The molecule has 0 amide bonds. The molecule has 0 fully saturated rings. The molecule has 0 aromatic carbocycles. The molecule has 0 aliphatic rings. The number of halogens is 4. The molecule has 14 heavy (non-hydrogen) atoms. The summed E-state index contributed by atoms with van der Waals surface area (Å²) in [6, 6.07) is 0. The van der Waals surface area contributed by atoms with E-state index in [1.807, 2.05) is 0 Å². The summed E-state index contributed by atoms with van der Waals surface area (Å²) in [4.78, 5) is 3.81. The minimum Gasteiger partial charge on any atom is -0.496 e. The van der Waals surface area contributed by atoms with Gasteiger partial charge in [0.2, 0.25) is 0 Å². The number of hydrogen-bond donors (Lipinski definition) is 0. The molecule has 1 aromatic heterocycles. The number of pyridine rings is 1. The van der Waals surface area contributed by atoms with Gasteiger partial charge in [-0.25, -0.2) is 13.8 Å². The minimum absolute atomic E-state index is 0.179. The van der Waals surface area contributed by atoms with Crippen LogP contribution in [0.3, 0.4) is 0 Å². The Labute approximate surface area is 96.9 Å². The van der Waals surface area contributed by atoms with Gasteiger partial charge < -0.3 is 4.74 Å². The van der Waals surface area contributed by atoms with Gasteiger partial charge in [-0.3, -0.25) is 0 Å². The Morgan fingerprint density at radius 1 is 1.57 bits per heavy atom. The van der Waals surface area contributed by atoms with Crippen molar-refractivity contribution in [3.63, 3.8) is 0 Å². The highest BCUT2D eigenvalue weighted by Gasteiger charge is 2.19. The van der Waals surface area contributed by atoms with Crippen LogP contribution in [0, 0.1) is 0 Å². The van der Waals surface area contributed by atoms with Crippen molar-refractivity contribution >= 4 is 31.9 Å². The molecule has 0 unspecified atom stereocenters.